The van der Waals surface area contributed by atoms with Gasteiger partial charge in [-0.3, -0.25) is 4.79 Å². The molecule has 0 spiro atoms. The molecule has 0 aliphatic heterocycles. The number of thioether (sulfide) groups is 1. The first kappa shape index (κ1) is 19.6. The van der Waals surface area contributed by atoms with Gasteiger partial charge in [0.15, 0.2) is 0 Å². The highest BCUT2D eigenvalue weighted by molar-refractivity contribution is 7.99. The summed E-state index contributed by atoms with van der Waals surface area (Å²) in [6, 6.07) is 2.76. The molecule has 0 aromatic carbocycles. The molecule has 1 N–H and O–H groups in total. The summed E-state index contributed by atoms with van der Waals surface area (Å²) in [7, 11) is 0. The summed E-state index contributed by atoms with van der Waals surface area (Å²) in [4.78, 5) is 15.3. The minimum atomic E-state index is -4.65. The number of carboxylic acids is 1. The maximum atomic E-state index is 13.7. The fourth-order valence-electron chi connectivity index (χ4n) is 5.89. The predicted octanol–water partition coefficient (Wildman–Crippen LogP) is 5.01. The molecule has 150 valence electrons. The molecule has 4 fully saturated rings. The molecule has 1 heterocycles. The topological polar surface area (TPSA) is 74.0 Å². The van der Waals surface area contributed by atoms with Gasteiger partial charge in [-0.1, -0.05) is 0 Å². The molecule has 4 saturated carbocycles. The van der Waals surface area contributed by atoms with Gasteiger partial charge in [0, 0.05) is 16.9 Å². The molecule has 0 amide bonds. The predicted molar refractivity (Wildman–Crippen MR) is 96.8 cm³/mol. The molecule has 8 heteroatoms. The Balaban J connectivity index is 1.77. The fraction of sp³-hybridized carbons (Fsp3) is 0.650. The maximum Gasteiger partial charge on any atom is 0.417 e. The lowest BCUT2D eigenvalue weighted by molar-refractivity contribution is -0.138. The second-order valence-electron chi connectivity index (χ2n) is 8.53. The third kappa shape index (κ3) is 3.49. The van der Waals surface area contributed by atoms with Crippen LogP contribution in [0.2, 0.25) is 0 Å². The SMILES string of the molecule is N#Cc1c(C(F)(F)F)cc(C23CC4CC(CC(C4)C2)C3)nc1SCCC(=O)O. The summed E-state index contributed by atoms with van der Waals surface area (Å²) < 4.78 is 41.2. The van der Waals surface area contributed by atoms with Crippen LogP contribution in [0.5, 0.6) is 0 Å². The van der Waals surface area contributed by atoms with Gasteiger partial charge in [-0.2, -0.15) is 18.4 Å². The van der Waals surface area contributed by atoms with Gasteiger partial charge in [-0.05, 0) is 62.3 Å². The first-order valence-electron chi connectivity index (χ1n) is 9.57. The van der Waals surface area contributed by atoms with E-state index >= 15 is 0 Å². The van der Waals surface area contributed by atoms with E-state index in [9.17, 15) is 23.2 Å². The smallest absolute Gasteiger partial charge is 0.417 e. The normalized spacial score (nSPS) is 31.0. The van der Waals surface area contributed by atoms with Crippen LogP contribution < -0.4 is 0 Å². The van der Waals surface area contributed by atoms with Crippen molar-refractivity contribution in [1.82, 2.24) is 4.98 Å². The van der Waals surface area contributed by atoms with Crippen molar-refractivity contribution in [3.8, 4) is 6.07 Å². The van der Waals surface area contributed by atoms with Crippen molar-refractivity contribution in [3.05, 3.63) is 22.9 Å². The summed E-state index contributed by atoms with van der Waals surface area (Å²) in [6.45, 7) is 0. The number of nitrogens with zero attached hydrogens (tertiary/aromatic N) is 2. The van der Waals surface area contributed by atoms with Crippen LogP contribution in [0.3, 0.4) is 0 Å². The molecule has 0 unspecified atom stereocenters. The monoisotopic (exact) mass is 410 g/mol. The van der Waals surface area contributed by atoms with E-state index in [1.165, 1.54) is 19.3 Å². The summed E-state index contributed by atoms with van der Waals surface area (Å²) >= 11 is 0.934. The Labute approximate surface area is 165 Å². The van der Waals surface area contributed by atoms with Crippen LogP contribution in [0.1, 0.15) is 61.8 Å². The van der Waals surface area contributed by atoms with Gasteiger partial charge in [0.25, 0.3) is 0 Å². The average Bonchev–Trinajstić information content (AvgIpc) is 2.58. The van der Waals surface area contributed by atoms with E-state index in [1.807, 2.05) is 0 Å². The Kier molecular flexibility index (Phi) is 4.85. The molecular weight excluding hydrogens is 389 g/mol. The first-order valence-corrected chi connectivity index (χ1v) is 10.6. The van der Waals surface area contributed by atoms with Crippen molar-refractivity contribution < 1.29 is 23.1 Å². The number of carbonyl (C=O) groups is 1. The summed E-state index contributed by atoms with van der Waals surface area (Å²) in [6.07, 6.45) is 1.27. The minimum absolute atomic E-state index is 0.0179. The second-order valence-corrected chi connectivity index (χ2v) is 9.62. The standard InChI is InChI=1S/C20H21F3N2O2S/c21-20(22,23)15-6-16(25-18(14(15)10-24)28-2-1-17(26)27)19-7-11-3-12(8-19)5-13(4-11)9-19/h6,11-13H,1-5,7-9H2,(H,26,27). The zero-order valence-electron chi connectivity index (χ0n) is 15.3. The van der Waals surface area contributed by atoms with E-state index in [4.69, 9.17) is 5.11 Å². The quantitative estimate of drug-likeness (QED) is 0.691. The van der Waals surface area contributed by atoms with Gasteiger partial charge in [-0.15, -0.1) is 11.8 Å². The van der Waals surface area contributed by atoms with Crippen LogP contribution in [0.15, 0.2) is 11.1 Å². The van der Waals surface area contributed by atoms with Gasteiger partial charge in [0.1, 0.15) is 11.1 Å². The maximum absolute atomic E-state index is 13.7. The van der Waals surface area contributed by atoms with Crippen LogP contribution in [0, 0.1) is 29.1 Å². The van der Waals surface area contributed by atoms with E-state index in [2.05, 4.69) is 4.98 Å². The highest BCUT2D eigenvalue weighted by Crippen LogP contribution is 2.60. The lowest BCUT2D eigenvalue weighted by Gasteiger charge is -2.56. The van der Waals surface area contributed by atoms with Crippen molar-refractivity contribution in [2.45, 2.75) is 61.6 Å². The van der Waals surface area contributed by atoms with Gasteiger partial charge in [0.05, 0.1) is 17.5 Å². The van der Waals surface area contributed by atoms with Crippen molar-refractivity contribution in [3.63, 3.8) is 0 Å². The molecule has 4 aliphatic carbocycles. The molecule has 4 aliphatic rings. The van der Waals surface area contributed by atoms with Crippen LogP contribution in [-0.2, 0) is 16.4 Å². The number of hydrogen-bond donors (Lipinski definition) is 1. The van der Waals surface area contributed by atoms with E-state index < -0.39 is 23.3 Å². The van der Waals surface area contributed by atoms with Crippen LogP contribution >= 0.6 is 11.8 Å². The van der Waals surface area contributed by atoms with Crippen molar-refractivity contribution in [1.29, 1.82) is 5.26 Å². The Morgan fingerprint density at radius 3 is 2.29 bits per heavy atom. The lowest BCUT2D eigenvalue weighted by atomic mass is 9.48. The Hall–Kier alpha value is -1.75. The van der Waals surface area contributed by atoms with Crippen molar-refractivity contribution in [2.24, 2.45) is 17.8 Å². The van der Waals surface area contributed by atoms with Gasteiger partial charge >= 0.3 is 12.1 Å². The number of alkyl halides is 3. The molecule has 0 atom stereocenters. The number of carboxylic acid groups (broad SMARTS) is 1. The summed E-state index contributed by atoms with van der Waals surface area (Å²) in [5.41, 5.74) is -1.30. The van der Waals surface area contributed by atoms with Crippen LogP contribution in [0.25, 0.3) is 0 Å². The van der Waals surface area contributed by atoms with E-state index in [0.29, 0.717) is 23.4 Å². The minimum Gasteiger partial charge on any atom is -0.481 e. The number of halogens is 3. The molecule has 0 radical (unpaired) electrons. The van der Waals surface area contributed by atoms with E-state index in [-0.39, 0.29) is 22.6 Å². The molecule has 1 aromatic heterocycles. The Bertz CT molecular complexity index is 812. The Morgan fingerprint density at radius 1 is 1.25 bits per heavy atom. The average molecular weight is 410 g/mol. The fourth-order valence-corrected chi connectivity index (χ4v) is 6.82. The van der Waals surface area contributed by atoms with Gasteiger partial charge in [-0.25, -0.2) is 4.98 Å². The summed E-state index contributed by atoms with van der Waals surface area (Å²) in [5.74, 6) is 0.723. The molecule has 5 rings (SSSR count). The largest absolute Gasteiger partial charge is 0.481 e. The zero-order valence-corrected chi connectivity index (χ0v) is 16.1. The molecule has 4 bridgehead atoms. The number of pyridine rings is 1. The number of aliphatic carboxylic acids is 1. The third-order valence-corrected chi connectivity index (χ3v) is 7.52. The van der Waals surface area contributed by atoms with E-state index in [0.717, 1.165) is 37.1 Å². The molecule has 0 saturated heterocycles. The third-order valence-electron chi connectivity index (χ3n) is 6.54. The molecule has 28 heavy (non-hydrogen) atoms. The molecule has 4 nitrogen and oxygen atoms in total. The van der Waals surface area contributed by atoms with Gasteiger partial charge < -0.3 is 5.11 Å². The van der Waals surface area contributed by atoms with Crippen molar-refractivity contribution >= 4 is 17.7 Å². The Morgan fingerprint density at radius 2 is 1.82 bits per heavy atom. The number of nitriles is 1. The van der Waals surface area contributed by atoms with Crippen LogP contribution in [-0.4, -0.2) is 21.8 Å². The number of hydrogen-bond acceptors (Lipinski definition) is 4. The summed E-state index contributed by atoms with van der Waals surface area (Å²) in [5, 5.41) is 18.2. The van der Waals surface area contributed by atoms with Gasteiger partial charge in [0.2, 0.25) is 0 Å². The zero-order chi connectivity index (χ0) is 20.1. The van der Waals surface area contributed by atoms with E-state index in [1.54, 1.807) is 6.07 Å². The lowest BCUT2D eigenvalue weighted by Crippen LogP contribution is -2.49. The highest BCUT2D eigenvalue weighted by atomic mass is 32.2. The van der Waals surface area contributed by atoms with Crippen LogP contribution in [0.4, 0.5) is 13.2 Å². The number of aromatic nitrogens is 1. The highest BCUT2D eigenvalue weighted by Gasteiger charge is 2.53. The molecular formula is C20H21F3N2O2S. The molecule has 1 aromatic rings. The van der Waals surface area contributed by atoms with Crippen molar-refractivity contribution in [2.75, 3.05) is 5.75 Å². The number of rotatable bonds is 5. The first-order chi connectivity index (χ1) is 13.2. The second kappa shape index (κ2) is 6.94.